The number of sulfonamides is 1. The van der Waals surface area contributed by atoms with Crippen molar-refractivity contribution in [3.63, 3.8) is 0 Å². The Kier molecular flexibility index (Phi) is 6.40. The lowest BCUT2D eigenvalue weighted by Gasteiger charge is -2.19. The maximum absolute atomic E-state index is 13.0. The Bertz CT molecular complexity index is 1110. The summed E-state index contributed by atoms with van der Waals surface area (Å²) in [6.45, 7) is 0.380. The van der Waals surface area contributed by atoms with Gasteiger partial charge in [-0.2, -0.15) is 0 Å². The minimum absolute atomic E-state index is 0.0884. The van der Waals surface area contributed by atoms with Crippen molar-refractivity contribution >= 4 is 33.2 Å². The zero-order valence-electron chi connectivity index (χ0n) is 17.8. The van der Waals surface area contributed by atoms with Crippen molar-refractivity contribution < 1.29 is 27.5 Å². The molecule has 2 aromatic rings. The van der Waals surface area contributed by atoms with Crippen LogP contribution < -0.4 is 19.1 Å². The Morgan fingerprint density at radius 3 is 2.32 bits per heavy atom. The number of methoxy groups -OCH3 is 2. The summed E-state index contributed by atoms with van der Waals surface area (Å²) >= 11 is 0. The highest BCUT2D eigenvalue weighted by atomic mass is 32.2. The first-order valence-corrected chi connectivity index (χ1v) is 11.2. The van der Waals surface area contributed by atoms with Gasteiger partial charge in [-0.1, -0.05) is 6.07 Å². The van der Waals surface area contributed by atoms with Crippen molar-refractivity contribution in [3.05, 3.63) is 47.5 Å². The smallest absolute Gasteiger partial charge is 0.255 e. The van der Waals surface area contributed by atoms with E-state index in [2.05, 4.69) is 5.32 Å². The highest BCUT2D eigenvalue weighted by Gasteiger charge is 2.29. The van der Waals surface area contributed by atoms with Gasteiger partial charge in [0.25, 0.3) is 11.8 Å². The van der Waals surface area contributed by atoms with Crippen molar-refractivity contribution in [3.8, 4) is 11.5 Å². The first-order valence-electron chi connectivity index (χ1n) is 9.57. The van der Waals surface area contributed by atoms with Gasteiger partial charge in [0.1, 0.15) is 0 Å². The van der Waals surface area contributed by atoms with E-state index in [1.165, 1.54) is 41.6 Å². The van der Waals surface area contributed by atoms with E-state index in [4.69, 9.17) is 9.47 Å². The quantitative estimate of drug-likeness (QED) is 0.728. The zero-order chi connectivity index (χ0) is 22.8. The van der Waals surface area contributed by atoms with Crippen LogP contribution in [0.4, 0.5) is 11.4 Å². The van der Waals surface area contributed by atoms with Gasteiger partial charge in [-0.15, -0.1) is 0 Å². The lowest BCUT2D eigenvalue weighted by molar-refractivity contribution is 0.0828. The molecule has 1 heterocycles. The molecule has 2 amide bonds. The van der Waals surface area contributed by atoms with Crippen LogP contribution in [0.25, 0.3) is 0 Å². The molecule has 9 nitrogen and oxygen atoms in total. The molecule has 1 fully saturated rings. The van der Waals surface area contributed by atoms with Crippen LogP contribution in [0.3, 0.4) is 0 Å². The van der Waals surface area contributed by atoms with Gasteiger partial charge < -0.3 is 19.7 Å². The zero-order valence-corrected chi connectivity index (χ0v) is 18.7. The molecule has 166 valence electrons. The maximum Gasteiger partial charge on any atom is 0.255 e. The molecular formula is C21H25N3O6S. The Balaban J connectivity index is 1.96. The lowest BCUT2D eigenvalue weighted by atomic mass is 10.1. The highest BCUT2D eigenvalue weighted by Crippen LogP contribution is 2.34. The van der Waals surface area contributed by atoms with Crippen molar-refractivity contribution in [2.24, 2.45) is 0 Å². The van der Waals surface area contributed by atoms with E-state index in [0.717, 1.165) is 0 Å². The predicted molar refractivity (Wildman–Crippen MR) is 118 cm³/mol. The summed E-state index contributed by atoms with van der Waals surface area (Å²) in [6, 6.07) is 9.39. The number of ether oxygens (including phenoxy) is 2. The Labute approximate surface area is 181 Å². The monoisotopic (exact) mass is 447 g/mol. The average molecular weight is 448 g/mol. The Morgan fingerprint density at radius 2 is 1.74 bits per heavy atom. The molecule has 0 bridgehead atoms. The number of carbonyl (C=O) groups is 2. The molecule has 0 spiro atoms. The second-order valence-corrected chi connectivity index (χ2v) is 9.21. The molecule has 0 unspecified atom stereocenters. The number of hydrogen-bond acceptors (Lipinski definition) is 6. The summed E-state index contributed by atoms with van der Waals surface area (Å²) in [5, 5.41) is 2.74. The fraction of sp³-hybridized carbons (Fsp3) is 0.333. The van der Waals surface area contributed by atoms with E-state index in [1.54, 1.807) is 32.3 Å². The molecule has 0 aromatic heterocycles. The molecule has 0 radical (unpaired) electrons. The lowest BCUT2D eigenvalue weighted by Crippen LogP contribution is -2.26. The summed E-state index contributed by atoms with van der Waals surface area (Å²) in [5.74, 6) is -0.0194. The summed E-state index contributed by atoms with van der Waals surface area (Å²) in [6.07, 6.45) is 0.542. The molecule has 0 saturated carbocycles. The number of rotatable bonds is 6. The maximum atomic E-state index is 13.0. The van der Waals surface area contributed by atoms with Crippen LogP contribution in [0.2, 0.25) is 0 Å². The summed E-state index contributed by atoms with van der Waals surface area (Å²) in [5.41, 5.74) is 1.18. The van der Waals surface area contributed by atoms with Crippen LogP contribution in [-0.4, -0.2) is 65.7 Å². The van der Waals surface area contributed by atoms with Crippen LogP contribution in [0.1, 0.15) is 27.1 Å². The largest absolute Gasteiger partial charge is 0.493 e. The van der Waals surface area contributed by atoms with Gasteiger partial charge >= 0.3 is 0 Å². The molecule has 3 rings (SSSR count). The molecular weight excluding hydrogens is 422 g/mol. The fourth-order valence-electron chi connectivity index (χ4n) is 3.33. The summed E-state index contributed by atoms with van der Waals surface area (Å²) < 4.78 is 36.3. The first-order chi connectivity index (χ1) is 14.7. The molecule has 0 aliphatic carbocycles. The van der Waals surface area contributed by atoms with Crippen molar-refractivity contribution in [1.29, 1.82) is 0 Å². The summed E-state index contributed by atoms with van der Waals surface area (Å²) in [7, 11) is 2.75. The second-order valence-electron chi connectivity index (χ2n) is 7.20. The molecule has 10 heteroatoms. The van der Waals surface area contributed by atoms with Gasteiger partial charge in [0.15, 0.2) is 11.5 Å². The van der Waals surface area contributed by atoms with Crippen LogP contribution in [0.5, 0.6) is 11.5 Å². The van der Waals surface area contributed by atoms with Crippen molar-refractivity contribution in [1.82, 2.24) is 4.90 Å². The molecule has 0 atom stereocenters. The number of nitrogens with one attached hydrogen (secondary N) is 1. The van der Waals surface area contributed by atoms with Gasteiger partial charge in [0.2, 0.25) is 10.0 Å². The number of anilines is 2. The number of carbonyl (C=O) groups excluding carboxylic acids is 2. The Morgan fingerprint density at radius 1 is 1.06 bits per heavy atom. The normalized spacial score (nSPS) is 14.8. The van der Waals surface area contributed by atoms with Crippen LogP contribution >= 0.6 is 0 Å². The van der Waals surface area contributed by atoms with E-state index < -0.39 is 15.9 Å². The summed E-state index contributed by atoms with van der Waals surface area (Å²) in [4.78, 5) is 27.0. The van der Waals surface area contributed by atoms with Crippen LogP contribution in [0.15, 0.2) is 36.4 Å². The van der Waals surface area contributed by atoms with Crippen molar-refractivity contribution in [2.75, 3.05) is 50.2 Å². The van der Waals surface area contributed by atoms with E-state index >= 15 is 0 Å². The van der Waals surface area contributed by atoms with Gasteiger partial charge in [-0.25, -0.2) is 8.42 Å². The van der Waals surface area contributed by atoms with E-state index in [9.17, 15) is 18.0 Å². The van der Waals surface area contributed by atoms with E-state index in [-0.39, 0.29) is 28.5 Å². The molecule has 1 aliphatic rings. The SMILES string of the molecule is COc1cc(NC(=O)c2cccc(N3CCCS3(=O)=O)c2)c(C(=O)N(C)C)cc1OC. The number of hydrogen-bond donors (Lipinski definition) is 1. The second kappa shape index (κ2) is 8.84. The van der Waals surface area contributed by atoms with Gasteiger partial charge in [-0.3, -0.25) is 13.9 Å². The van der Waals surface area contributed by atoms with Gasteiger partial charge in [-0.05, 0) is 30.7 Å². The van der Waals surface area contributed by atoms with Crippen LogP contribution in [0, 0.1) is 0 Å². The number of nitrogens with zero attached hydrogens (tertiary/aromatic N) is 2. The topological polar surface area (TPSA) is 105 Å². The number of amides is 2. The van der Waals surface area contributed by atoms with Gasteiger partial charge in [0.05, 0.1) is 36.9 Å². The third-order valence-electron chi connectivity index (χ3n) is 4.90. The molecule has 1 aliphatic heterocycles. The molecule has 2 aromatic carbocycles. The van der Waals surface area contributed by atoms with Gasteiger partial charge in [0, 0.05) is 32.3 Å². The third kappa shape index (κ3) is 4.58. The predicted octanol–water partition coefficient (Wildman–Crippen LogP) is 2.20. The van der Waals surface area contributed by atoms with Crippen LogP contribution in [-0.2, 0) is 10.0 Å². The third-order valence-corrected chi connectivity index (χ3v) is 6.77. The Hall–Kier alpha value is -3.27. The first kappa shape index (κ1) is 22.4. The highest BCUT2D eigenvalue weighted by molar-refractivity contribution is 7.93. The molecule has 31 heavy (non-hydrogen) atoms. The molecule has 1 saturated heterocycles. The fourth-order valence-corrected chi connectivity index (χ4v) is 4.88. The number of benzene rings is 2. The minimum Gasteiger partial charge on any atom is -0.493 e. The van der Waals surface area contributed by atoms with E-state index in [1.807, 2.05) is 0 Å². The minimum atomic E-state index is -3.36. The standard InChI is InChI=1S/C21H25N3O6S/c1-23(2)21(26)16-12-18(29-3)19(30-4)13-17(16)22-20(25)14-7-5-8-15(11-14)24-9-6-10-31(24,27)28/h5,7-8,11-13H,6,9-10H2,1-4H3,(H,22,25). The van der Waals surface area contributed by atoms with Crippen molar-refractivity contribution in [2.45, 2.75) is 6.42 Å². The molecule has 1 N–H and O–H groups in total. The van der Waals surface area contributed by atoms with E-state index in [0.29, 0.717) is 30.2 Å². The average Bonchev–Trinajstić information content (AvgIpc) is 3.11.